The smallest absolute Gasteiger partial charge is 0.320 e. The second kappa shape index (κ2) is 10.3. The van der Waals surface area contributed by atoms with Crippen molar-refractivity contribution in [3.8, 4) is 0 Å². The van der Waals surface area contributed by atoms with E-state index in [0.717, 1.165) is 0 Å². The van der Waals surface area contributed by atoms with Gasteiger partial charge in [-0.25, -0.2) is 0 Å². The Morgan fingerprint density at radius 2 is 1.80 bits per heavy atom. The summed E-state index contributed by atoms with van der Waals surface area (Å²) in [7, 11) is 0. The van der Waals surface area contributed by atoms with Gasteiger partial charge in [-0.3, -0.25) is 9.59 Å². The average Bonchev–Trinajstić information content (AvgIpc) is 2.16. The van der Waals surface area contributed by atoms with E-state index in [0.29, 0.717) is 0 Å². The van der Waals surface area contributed by atoms with Gasteiger partial charge in [0, 0.05) is 6.42 Å². The van der Waals surface area contributed by atoms with Crippen molar-refractivity contribution in [3.63, 3.8) is 0 Å². The van der Waals surface area contributed by atoms with Crippen molar-refractivity contribution in [1.82, 2.24) is 0 Å². The minimum Gasteiger partial charge on any atom is -0.481 e. The van der Waals surface area contributed by atoms with E-state index in [-0.39, 0.29) is 12.8 Å². The highest BCUT2D eigenvalue weighted by Gasteiger charge is 2.12. The molecular weight excluding hydrogens is 202 g/mol. The normalized spacial score (nSPS) is 10.2. The Kier molecular flexibility index (Phi) is 10.7. The van der Waals surface area contributed by atoms with Gasteiger partial charge in [0.15, 0.2) is 0 Å². The fraction of sp³-hybridized carbons (Fsp3) is 0.333. The SMILES string of the molecule is C=COC=C.NC(CCC(=O)O)C(=O)O. The summed E-state index contributed by atoms with van der Waals surface area (Å²) < 4.78 is 4.36. The zero-order chi connectivity index (χ0) is 12.3. The lowest BCUT2D eigenvalue weighted by atomic mass is 10.2. The second-order valence-corrected chi connectivity index (χ2v) is 2.35. The molecule has 0 aromatic heterocycles. The third-order valence-corrected chi connectivity index (χ3v) is 1.18. The number of hydrogen-bond acceptors (Lipinski definition) is 4. The molecule has 0 spiro atoms. The lowest BCUT2D eigenvalue weighted by molar-refractivity contribution is -0.139. The van der Waals surface area contributed by atoms with E-state index in [1.165, 1.54) is 12.5 Å². The number of nitrogens with two attached hydrogens (primary N) is 1. The van der Waals surface area contributed by atoms with Gasteiger partial charge in [0.25, 0.3) is 0 Å². The van der Waals surface area contributed by atoms with Gasteiger partial charge in [-0.05, 0) is 6.42 Å². The Balaban J connectivity index is 0. The summed E-state index contributed by atoms with van der Waals surface area (Å²) in [5.41, 5.74) is 5.00. The van der Waals surface area contributed by atoms with E-state index >= 15 is 0 Å². The molecule has 0 aliphatic rings. The molecule has 4 N–H and O–H groups in total. The first-order valence-corrected chi connectivity index (χ1v) is 4.03. The van der Waals surface area contributed by atoms with E-state index in [1.54, 1.807) is 0 Å². The predicted octanol–water partition coefficient (Wildman–Crippen LogP) is 0.553. The van der Waals surface area contributed by atoms with Crippen LogP contribution < -0.4 is 5.73 Å². The topological polar surface area (TPSA) is 110 Å². The summed E-state index contributed by atoms with van der Waals surface area (Å²) in [5, 5.41) is 16.3. The minimum atomic E-state index is -1.17. The standard InChI is InChI=1S/C5H9NO4.C4H6O/c6-3(5(9)10)1-2-4(7)8;1-3-5-4-2/h3H,1-2,6H2,(H,7,8)(H,9,10);3-4H,1-2H2. The monoisotopic (exact) mass is 217 g/mol. The third kappa shape index (κ3) is 15.0. The highest BCUT2D eigenvalue weighted by molar-refractivity contribution is 5.74. The number of ether oxygens (including phenoxy) is 1. The first-order valence-electron chi connectivity index (χ1n) is 4.03. The molecule has 15 heavy (non-hydrogen) atoms. The second-order valence-electron chi connectivity index (χ2n) is 2.35. The molecule has 0 fully saturated rings. The minimum absolute atomic E-state index is 0.0231. The maximum atomic E-state index is 9.99. The van der Waals surface area contributed by atoms with Gasteiger partial charge in [0.2, 0.25) is 0 Å². The van der Waals surface area contributed by atoms with Crippen LogP contribution >= 0.6 is 0 Å². The number of rotatable bonds is 6. The molecule has 0 saturated carbocycles. The van der Waals surface area contributed by atoms with E-state index in [9.17, 15) is 9.59 Å². The van der Waals surface area contributed by atoms with Crippen LogP contribution in [0.2, 0.25) is 0 Å². The summed E-state index contributed by atoms with van der Waals surface area (Å²) >= 11 is 0. The van der Waals surface area contributed by atoms with Crippen molar-refractivity contribution in [3.05, 3.63) is 25.7 Å². The average molecular weight is 217 g/mol. The third-order valence-electron chi connectivity index (χ3n) is 1.18. The summed E-state index contributed by atoms with van der Waals surface area (Å²) in [5.74, 6) is -2.20. The van der Waals surface area contributed by atoms with Gasteiger partial charge in [0.05, 0.1) is 12.5 Å². The van der Waals surface area contributed by atoms with Crippen molar-refractivity contribution in [2.24, 2.45) is 5.73 Å². The predicted molar refractivity (Wildman–Crippen MR) is 54.0 cm³/mol. The lowest BCUT2D eigenvalue weighted by Gasteiger charge is -2.01. The summed E-state index contributed by atoms with van der Waals surface area (Å²) in [4.78, 5) is 19.9. The van der Waals surface area contributed by atoms with Crippen LogP contribution in [0.15, 0.2) is 25.7 Å². The Hall–Kier alpha value is -1.82. The van der Waals surface area contributed by atoms with Gasteiger partial charge >= 0.3 is 11.9 Å². The van der Waals surface area contributed by atoms with Crippen LogP contribution in [0.5, 0.6) is 0 Å². The Morgan fingerprint density at radius 1 is 1.33 bits per heavy atom. The molecule has 0 saturated heterocycles. The molecule has 6 heteroatoms. The molecule has 0 bridgehead atoms. The molecule has 0 aliphatic heterocycles. The highest BCUT2D eigenvalue weighted by atomic mass is 16.5. The quantitative estimate of drug-likeness (QED) is 0.560. The van der Waals surface area contributed by atoms with Crippen molar-refractivity contribution in [2.45, 2.75) is 18.9 Å². The Bertz CT molecular complexity index is 221. The number of carboxylic acid groups (broad SMARTS) is 2. The molecule has 6 nitrogen and oxygen atoms in total. The number of carbonyl (C=O) groups is 2. The van der Waals surface area contributed by atoms with Crippen LogP contribution in [0.3, 0.4) is 0 Å². The fourth-order valence-corrected chi connectivity index (χ4v) is 0.470. The van der Waals surface area contributed by atoms with Crippen LogP contribution in [0, 0.1) is 0 Å². The maximum Gasteiger partial charge on any atom is 0.320 e. The zero-order valence-electron chi connectivity index (χ0n) is 8.26. The molecule has 0 amide bonds. The molecule has 0 rings (SSSR count). The number of aliphatic carboxylic acids is 2. The molecule has 86 valence electrons. The molecule has 0 radical (unpaired) electrons. The van der Waals surface area contributed by atoms with Gasteiger partial charge < -0.3 is 20.7 Å². The molecular formula is C9H15NO5. The first kappa shape index (κ1) is 15.6. The van der Waals surface area contributed by atoms with E-state index in [4.69, 9.17) is 15.9 Å². The summed E-state index contributed by atoms with van der Waals surface area (Å²) in [6, 6.07) is -1.06. The number of hydrogen-bond donors (Lipinski definition) is 3. The van der Waals surface area contributed by atoms with Crippen molar-refractivity contribution in [1.29, 1.82) is 0 Å². The summed E-state index contributed by atoms with van der Waals surface area (Å²) in [6.07, 6.45) is 2.40. The molecule has 0 heterocycles. The number of carboxylic acids is 2. The van der Waals surface area contributed by atoms with Gasteiger partial charge in [-0.15, -0.1) is 0 Å². The van der Waals surface area contributed by atoms with Gasteiger partial charge in [-0.2, -0.15) is 0 Å². The molecule has 1 atom stereocenters. The van der Waals surface area contributed by atoms with E-state index < -0.39 is 18.0 Å². The van der Waals surface area contributed by atoms with Crippen LogP contribution in [-0.2, 0) is 14.3 Å². The molecule has 0 aromatic rings. The zero-order valence-corrected chi connectivity index (χ0v) is 8.26. The van der Waals surface area contributed by atoms with Crippen LogP contribution in [0.4, 0.5) is 0 Å². The highest BCUT2D eigenvalue weighted by Crippen LogP contribution is 1.93. The van der Waals surface area contributed by atoms with Crippen molar-refractivity contribution >= 4 is 11.9 Å². The van der Waals surface area contributed by atoms with E-state index in [2.05, 4.69) is 17.9 Å². The van der Waals surface area contributed by atoms with Crippen LogP contribution in [0.25, 0.3) is 0 Å². The van der Waals surface area contributed by atoms with Gasteiger partial charge in [0.1, 0.15) is 6.04 Å². The van der Waals surface area contributed by atoms with Crippen LogP contribution in [0.1, 0.15) is 12.8 Å². The maximum absolute atomic E-state index is 9.99. The first-order chi connectivity index (χ1) is 6.95. The lowest BCUT2D eigenvalue weighted by Crippen LogP contribution is -2.30. The van der Waals surface area contributed by atoms with E-state index in [1.807, 2.05) is 0 Å². The van der Waals surface area contributed by atoms with Crippen molar-refractivity contribution < 1.29 is 24.5 Å². The Morgan fingerprint density at radius 3 is 2.00 bits per heavy atom. The van der Waals surface area contributed by atoms with Gasteiger partial charge in [-0.1, -0.05) is 13.2 Å². The Labute approximate surface area is 87.7 Å². The largest absolute Gasteiger partial charge is 0.481 e. The van der Waals surface area contributed by atoms with Crippen molar-refractivity contribution in [2.75, 3.05) is 0 Å². The fourth-order valence-electron chi connectivity index (χ4n) is 0.470. The van der Waals surface area contributed by atoms with Crippen LogP contribution in [-0.4, -0.2) is 28.2 Å². The molecule has 0 aliphatic carbocycles. The summed E-state index contributed by atoms with van der Waals surface area (Å²) in [6.45, 7) is 6.51. The molecule has 1 unspecified atom stereocenters. The molecule has 0 aromatic carbocycles.